The van der Waals surface area contributed by atoms with Crippen LogP contribution < -0.4 is 0 Å². The van der Waals surface area contributed by atoms with Crippen molar-refractivity contribution in [1.82, 2.24) is 0 Å². The van der Waals surface area contributed by atoms with Crippen molar-refractivity contribution in [1.29, 1.82) is 0 Å². The van der Waals surface area contributed by atoms with Gasteiger partial charge in [0.05, 0.1) is 0 Å². The summed E-state index contributed by atoms with van der Waals surface area (Å²) in [4.78, 5) is 0. The Morgan fingerprint density at radius 2 is 0.697 bits per heavy atom. The van der Waals surface area contributed by atoms with E-state index < -0.39 is 23.7 Å². The van der Waals surface area contributed by atoms with Gasteiger partial charge in [0.1, 0.15) is 0 Å². The molecule has 0 saturated heterocycles. The quantitative estimate of drug-likeness (QED) is 0.0362. The number of halogens is 4. The second-order valence-corrected chi connectivity index (χ2v) is 24.2. The molecule has 0 fully saturated rings. The molecule has 0 aliphatic rings. The maximum absolute atomic E-state index is 13.1. The molecule has 0 atom stereocenters. The molecule has 0 aromatic rings. The molecule has 0 bridgehead atoms. The van der Waals surface area contributed by atoms with Crippen LogP contribution in [0.25, 0.3) is 0 Å². The van der Waals surface area contributed by atoms with Crippen molar-refractivity contribution in [3.63, 3.8) is 0 Å². The summed E-state index contributed by atoms with van der Waals surface area (Å²) in [6, 6.07) is 0. The van der Waals surface area contributed by atoms with Gasteiger partial charge in [-0.05, 0) is 97.7 Å². The number of ether oxygens (including phenoxy) is 1. The average Bonchev–Trinajstić information content (AvgIpc) is 3.17. The van der Waals surface area contributed by atoms with Gasteiger partial charge in [-0.25, -0.2) is 17.6 Å². The van der Waals surface area contributed by atoms with Gasteiger partial charge in [-0.1, -0.05) is 247 Å². The molecule has 0 spiro atoms. The Morgan fingerprint density at radius 3 is 1.03 bits per heavy atom. The van der Waals surface area contributed by atoms with E-state index >= 15 is 0 Å². The third kappa shape index (κ3) is 63.2. The number of unbranched alkanes of at least 4 members (excludes halogenated alkanes) is 8. The first-order chi connectivity index (χ1) is 30.3. The summed E-state index contributed by atoms with van der Waals surface area (Å²) in [5, 5.41) is 0. The molecular weight excluding hydrogens is 825 g/mol. The van der Waals surface area contributed by atoms with Crippen LogP contribution in [0.4, 0.5) is 17.6 Å². The van der Waals surface area contributed by atoms with Crippen LogP contribution in [0.15, 0.2) is 24.3 Å². The second kappa shape index (κ2) is 46.5. The van der Waals surface area contributed by atoms with Crippen LogP contribution in [0, 0.1) is 64.6 Å². The van der Waals surface area contributed by atoms with Gasteiger partial charge in [-0.3, -0.25) is 0 Å². The smallest absolute Gasteiger partial charge is 0.250 e. The highest BCUT2D eigenvalue weighted by atomic mass is 19.3. The summed E-state index contributed by atoms with van der Waals surface area (Å²) < 4.78 is 58.0. The van der Waals surface area contributed by atoms with Crippen LogP contribution in [0.2, 0.25) is 0 Å². The van der Waals surface area contributed by atoms with E-state index in [1.165, 1.54) is 77.0 Å². The van der Waals surface area contributed by atoms with E-state index in [0.717, 1.165) is 68.5 Å². The molecule has 0 radical (unpaired) electrons. The zero-order chi connectivity index (χ0) is 52.4. The summed E-state index contributed by atoms with van der Waals surface area (Å²) in [5.41, 5.74) is 0.540. The molecular formula is C61H124F4O. The minimum Gasteiger partial charge on any atom is -0.381 e. The van der Waals surface area contributed by atoms with Crippen LogP contribution in [-0.2, 0) is 4.74 Å². The second-order valence-electron chi connectivity index (χ2n) is 24.2. The van der Waals surface area contributed by atoms with Crippen LogP contribution in [0.5, 0.6) is 0 Å². The molecule has 0 unspecified atom stereocenters. The molecule has 0 aromatic heterocycles. The predicted octanol–water partition coefficient (Wildman–Crippen LogP) is 22.7. The Hall–Kier alpha value is -0.840. The van der Waals surface area contributed by atoms with E-state index in [2.05, 4.69) is 143 Å². The molecule has 0 aliphatic carbocycles. The lowest BCUT2D eigenvalue weighted by Crippen LogP contribution is -2.23. The Bertz CT molecular complexity index is 970. The number of rotatable bonds is 33. The fourth-order valence-electron chi connectivity index (χ4n) is 6.35. The minimum atomic E-state index is -2.49. The predicted molar refractivity (Wildman–Crippen MR) is 293 cm³/mol. The van der Waals surface area contributed by atoms with Crippen molar-refractivity contribution in [2.24, 2.45) is 64.6 Å². The van der Waals surface area contributed by atoms with Crippen LogP contribution in [-0.4, -0.2) is 25.1 Å². The fourth-order valence-corrected chi connectivity index (χ4v) is 6.35. The van der Waals surface area contributed by atoms with Crippen molar-refractivity contribution >= 4 is 0 Å². The normalized spacial score (nSPS) is 12.6. The molecule has 0 amide bonds. The maximum Gasteiger partial charge on any atom is 0.250 e. The topological polar surface area (TPSA) is 9.23 Å². The zero-order valence-electron chi connectivity index (χ0n) is 49.1. The lowest BCUT2D eigenvalue weighted by atomic mass is 9.77. The Kier molecular flexibility index (Phi) is 52.3. The molecule has 0 saturated carbocycles. The van der Waals surface area contributed by atoms with Gasteiger partial charge in [-0.15, -0.1) is 0 Å². The summed E-state index contributed by atoms with van der Waals surface area (Å²) in [6.45, 7) is 48.8. The molecule has 0 rings (SSSR count). The number of alkyl halides is 4. The summed E-state index contributed by atoms with van der Waals surface area (Å²) in [5.74, 6) is -0.00534. The van der Waals surface area contributed by atoms with Gasteiger partial charge in [-0.2, -0.15) is 0 Å². The van der Waals surface area contributed by atoms with E-state index in [1.807, 2.05) is 6.08 Å². The molecule has 0 heterocycles. The molecule has 0 aliphatic heterocycles. The standard InChI is InChI=1S/C14H30.C12H24F2.C12H22F2.C12H24.C11H24O/c1-12(2)10-8-7-9-11-14(5,6)13(3)4;2*1-10(2)8-6-5-7-9-12(13,14)11(3)4;1-11(2)9-7-5-6-8-10-12(3)4;1-10(2)7-5-6-8-12-9-11(3)4/h12-13H,7-11H2,1-6H3;10-11H,5-9H2,1-4H3;6,8,10-11H,5,7,9H2,1-4H3;7,9,11-12H,5-6,8,10H2,1-4H3;10-11H,5-9H2,1-4H3/b;;8-6+;9-7+;. The van der Waals surface area contributed by atoms with Gasteiger partial charge in [0.25, 0.3) is 0 Å². The van der Waals surface area contributed by atoms with Gasteiger partial charge in [0, 0.05) is 37.9 Å². The van der Waals surface area contributed by atoms with Crippen molar-refractivity contribution < 1.29 is 22.3 Å². The lowest BCUT2D eigenvalue weighted by molar-refractivity contribution is -0.0543. The summed E-state index contributed by atoms with van der Waals surface area (Å²) in [7, 11) is 0. The van der Waals surface area contributed by atoms with Crippen molar-refractivity contribution in [3.05, 3.63) is 24.3 Å². The SMILES string of the molecule is CC(C)/C=C/CCCC(F)(F)C(C)C.CC(C)/C=C/CCCCC(C)C.CC(C)CCCCCC(C)(C)C(C)C.CC(C)CCCCCC(F)(F)C(C)C.CC(C)CCCCOCC(C)C. The molecule has 0 aromatic carbocycles. The van der Waals surface area contributed by atoms with E-state index in [0.29, 0.717) is 36.0 Å². The highest BCUT2D eigenvalue weighted by molar-refractivity contribution is 4.85. The molecule has 66 heavy (non-hydrogen) atoms. The van der Waals surface area contributed by atoms with Crippen LogP contribution >= 0.6 is 0 Å². The highest BCUT2D eigenvalue weighted by Crippen LogP contribution is 2.33. The largest absolute Gasteiger partial charge is 0.381 e. The van der Waals surface area contributed by atoms with Gasteiger partial charge in [0.2, 0.25) is 11.8 Å². The molecule has 0 N–H and O–H groups in total. The Morgan fingerprint density at radius 1 is 0.364 bits per heavy atom. The third-order valence-corrected chi connectivity index (χ3v) is 12.2. The van der Waals surface area contributed by atoms with E-state index in [-0.39, 0.29) is 12.8 Å². The Labute approximate surface area is 415 Å². The number of hydrogen-bond donors (Lipinski definition) is 0. The average molecular weight is 950 g/mol. The zero-order valence-corrected chi connectivity index (χ0v) is 49.1. The van der Waals surface area contributed by atoms with Crippen LogP contribution in [0.3, 0.4) is 0 Å². The van der Waals surface area contributed by atoms with Gasteiger partial charge < -0.3 is 4.74 Å². The summed E-state index contributed by atoms with van der Waals surface area (Å²) >= 11 is 0. The summed E-state index contributed by atoms with van der Waals surface area (Å²) in [6.07, 6.45) is 30.3. The third-order valence-electron chi connectivity index (χ3n) is 12.2. The maximum atomic E-state index is 13.1. The van der Waals surface area contributed by atoms with Crippen molar-refractivity contribution in [2.45, 2.75) is 293 Å². The van der Waals surface area contributed by atoms with Crippen molar-refractivity contribution in [2.75, 3.05) is 13.2 Å². The van der Waals surface area contributed by atoms with E-state index in [1.54, 1.807) is 27.7 Å². The highest BCUT2D eigenvalue weighted by Gasteiger charge is 2.32. The van der Waals surface area contributed by atoms with Crippen molar-refractivity contribution in [3.8, 4) is 0 Å². The fraction of sp³-hybridized carbons (Fsp3) is 0.934. The van der Waals surface area contributed by atoms with Crippen LogP contribution in [0.1, 0.15) is 281 Å². The molecule has 1 nitrogen and oxygen atoms in total. The first-order valence-corrected chi connectivity index (χ1v) is 28.0. The monoisotopic (exact) mass is 949 g/mol. The minimum absolute atomic E-state index is 0.00705. The Balaban J connectivity index is -0.000000235. The lowest BCUT2D eigenvalue weighted by Gasteiger charge is -2.29. The number of hydrogen-bond acceptors (Lipinski definition) is 1. The first-order valence-electron chi connectivity index (χ1n) is 28.0. The van der Waals surface area contributed by atoms with E-state index in [4.69, 9.17) is 4.74 Å². The number of allylic oxidation sites excluding steroid dienone is 4. The van der Waals surface area contributed by atoms with Gasteiger partial charge >= 0.3 is 0 Å². The van der Waals surface area contributed by atoms with E-state index in [9.17, 15) is 17.6 Å². The first kappa shape index (κ1) is 74.1. The van der Waals surface area contributed by atoms with Gasteiger partial charge in [0.15, 0.2) is 0 Å². The molecule has 5 heteroatoms. The molecule has 402 valence electrons.